The Labute approximate surface area is 160 Å². The summed E-state index contributed by atoms with van der Waals surface area (Å²) < 4.78 is 23.0. The van der Waals surface area contributed by atoms with Gasteiger partial charge in [-0.05, 0) is 49.9 Å². The molecule has 7 heteroatoms. The molecule has 0 bridgehead atoms. The van der Waals surface area contributed by atoms with Gasteiger partial charge in [0.15, 0.2) is 0 Å². The van der Waals surface area contributed by atoms with Crippen LogP contribution in [-0.4, -0.2) is 44.8 Å². The summed E-state index contributed by atoms with van der Waals surface area (Å²) >= 11 is 0. The van der Waals surface area contributed by atoms with Gasteiger partial charge in [0.1, 0.15) is 37.4 Å². The second-order valence-electron chi connectivity index (χ2n) is 6.78. The second kappa shape index (κ2) is 9.47. The van der Waals surface area contributed by atoms with Gasteiger partial charge in [0.05, 0.1) is 7.11 Å². The van der Waals surface area contributed by atoms with E-state index in [-0.39, 0.29) is 6.35 Å². The highest BCUT2D eigenvalue weighted by molar-refractivity contribution is 7.62. The lowest BCUT2D eigenvalue weighted by molar-refractivity contribution is -0.348. The number of benzene rings is 2. The van der Waals surface area contributed by atoms with Crippen LogP contribution in [0, 0.1) is 5.21 Å². The van der Waals surface area contributed by atoms with Crippen LogP contribution in [0.2, 0.25) is 0 Å². The van der Waals surface area contributed by atoms with Crippen molar-refractivity contribution in [1.82, 2.24) is 0 Å². The van der Waals surface area contributed by atoms with Gasteiger partial charge in [-0.3, -0.25) is 0 Å². The van der Waals surface area contributed by atoms with Crippen LogP contribution in [-0.2, 0) is 11.0 Å². The summed E-state index contributed by atoms with van der Waals surface area (Å²) in [6.07, 6.45) is 2.03. The van der Waals surface area contributed by atoms with E-state index < -0.39 is 7.14 Å². The summed E-state index contributed by atoms with van der Waals surface area (Å²) in [6, 6.07) is 13.0. The number of methoxy groups -OCH3 is 1. The summed E-state index contributed by atoms with van der Waals surface area (Å²) in [5.41, 5.74) is 2.36. The first-order chi connectivity index (χ1) is 12.8. The van der Waals surface area contributed by atoms with E-state index in [1.54, 1.807) is 38.6 Å². The van der Waals surface area contributed by atoms with Crippen molar-refractivity contribution in [2.45, 2.75) is 12.8 Å². The van der Waals surface area contributed by atoms with Crippen LogP contribution in [0.15, 0.2) is 42.5 Å². The summed E-state index contributed by atoms with van der Waals surface area (Å²) in [5, 5.41) is 14.8. The van der Waals surface area contributed by atoms with E-state index in [1.165, 1.54) is 5.56 Å². The fourth-order valence-corrected chi connectivity index (χ4v) is 2.96. The van der Waals surface area contributed by atoms with E-state index in [0.717, 1.165) is 18.6 Å². The minimum atomic E-state index is -2.18. The Hall–Kier alpha value is -2.46. The number of ether oxygens (including phenoxy) is 2. The zero-order chi connectivity index (χ0) is 19.9. The van der Waals surface area contributed by atoms with E-state index in [9.17, 15) is 9.77 Å². The van der Waals surface area contributed by atoms with Gasteiger partial charge in [0, 0.05) is 18.7 Å². The normalized spacial score (nSPS) is 11.1. The van der Waals surface area contributed by atoms with E-state index in [2.05, 4.69) is 12.0 Å². The van der Waals surface area contributed by atoms with E-state index in [0.29, 0.717) is 28.4 Å². The molecule has 0 fully saturated rings. The molecule has 1 N–H and O–H groups in total. The molecular formula is C20H27N2O4P. The van der Waals surface area contributed by atoms with Crippen molar-refractivity contribution < 1.29 is 18.8 Å². The third-order valence-corrected chi connectivity index (χ3v) is 4.65. The van der Waals surface area contributed by atoms with Gasteiger partial charge >= 0.3 is 0 Å². The Morgan fingerprint density at radius 3 is 2.41 bits per heavy atom. The Morgan fingerprint density at radius 1 is 1.15 bits per heavy atom. The Morgan fingerprint density at radius 2 is 1.81 bits per heavy atom. The van der Waals surface area contributed by atoms with Crippen molar-refractivity contribution in [1.29, 1.82) is 0 Å². The molecule has 0 amide bonds. The molecule has 0 aliphatic carbocycles. The molecule has 2 aromatic rings. The maximum absolute atomic E-state index is 11.7. The Balaban J connectivity index is 1.85. The molecule has 0 spiro atoms. The number of anilines is 1. The average molecular weight is 390 g/mol. The zero-order valence-electron chi connectivity index (χ0n) is 16.1. The number of hydrogen-bond donors (Lipinski definition) is 1. The first-order valence-corrected chi connectivity index (χ1v) is 11.5. The molecule has 6 nitrogen and oxygen atoms in total. The van der Waals surface area contributed by atoms with E-state index >= 15 is 0 Å². The van der Waals surface area contributed by atoms with Gasteiger partial charge in [-0.1, -0.05) is 12.1 Å². The number of nitrogens with one attached hydrogen (secondary N) is 1. The van der Waals surface area contributed by atoms with Crippen molar-refractivity contribution in [2.24, 2.45) is 0 Å². The van der Waals surface area contributed by atoms with Crippen LogP contribution in [0.1, 0.15) is 12.0 Å². The highest BCUT2D eigenvalue weighted by atomic mass is 31.2. The number of nitrogens with zero attached hydrogens (tertiary/aromatic N) is 1. The van der Waals surface area contributed by atoms with E-state index in [1.807, 2.05) is 24.3 Å². The highest BCUT2D eigenvalue weighted by Crippen LogP contribution is 2.35. The number of hydrogen-bond acceptors (Lipinski definition) is 5. The van der Waals surface area contributed by atoms with Crippen LogP contribution in [0.4, 0.5) is 11.4 Å². The Kier molecular flexibility index (Phi) is 7.31. The van der Waals surface area contributed by atoms with Crippen molar-refractivity contribution in [3.63, 3.8) is 0 Å². The zero-order valence-corrected chi connectivity index (χ0v) is 17.0. The smallest absolute Gasteiger partial charge is 0.239 e. The second-order valence-corrected chi connectivity index (χ2v) is 10.2. The molecule has 2 rings (SSSR count). The molecule has 0 unspecified atom stereocenters. The lowest BCUT2D eigenvalue weighted by Gasteiger charge is -2.12. The first-order valence-electron chi connectivity index (χ1n) is 8.74. The highest BCUT2D eigenvalue weighted by Gasteiger charge is 2.10. The van der Waals surface area contributed by atoms with Gasteiger partial charge in [0.25, 0.3) is 0 Å². The van der Waals surface area contributed by atoms with Crippen LogP contribution >= 0.6 is 7.14 Å². The molecule has 0 aliphatic heterocycles. The largest absolute Gasteiger partial charge is 0.619 e. The summed E-state index contributed by atoms with van der Waals surface area (Å²) in [6.45, 7) is 7.54. The van der Waals surface area contributed by atoms with Gasteiger partial charge in [-0.25, -0.2) is 0 Å². The van der Waals surface area contributed by atoms with Crippen LogP contribution in [0.3, 0.4) is 0 Å². The number of aryl methyl sites for hydroxylation is 1. The maximum atomic E-state index is 11.7. The SMILES string of the molecule is C=[N+]([O-])c1ccc(OC)cc1NCCCc1ccc(OCP(C)(C)=O)cc1. The minimum Gasteiger partial charge on any atom is -0.619 e. The fraction of sp³-hybridized carbons (Fsp3) is 0.350. The van der Waals surface area contributed by atoms with Crippen LogP contribution < -0.4 is 14.8 Å². The van der Waals surface area contributed by atoms with Crippen LogP contribution in [0.25, 0.3) is 0 Å². The minimum absolute atomic E-state index is 0.252. The monoisotopic (exact) mass is 390 g/mol. The maximum Gasteiger partial charge on any atom is 0.239 e. The summed E-state index contributed by atoms with van der Waals surface area (Å²) in [4.78, 5) is 0. The van der Waals surface area contributed by atoms with Crippen molar-refractivity contribution in [2.75, 3.05) is 38.6 Å². The molecule has 0 saturated carbocycles. The molecule has 27 heavy (non-hydrogen) atoms. The van der Waals surface area contributed by atoms with Crippen LogP contribution in [0.5, 0.6) is 11.5 Å². The predicted molar refractivity (Wildman–Crippen MR) is 112 cm³/mol. The number of rotatable bonds is 10. The van der Waals surface area contributed by atoms with Gasteiger partial charge in [-0.2, -0.15) is 4.74 Å². The first kappa shape index (κ1) is 20.8. The quantitative estimate of drug-likeness (QED) is 0.161. The average Bonchev–Trinajstić information content (AvgIpc) is 2.63. The van der Waals surface area contributed by atoms with Crippen molar-refractivity contribution in [3.05, 3.63) is 53.2 Å². The molecule has 0 aromatic heterocycles. The van der Waals surface area contributed by atoms with E-state index in [4.69, 9.17) is 9.47 Å². The van der Waals surface area contributed by atoms with Gasteiger partial charge in [-0.15, -0.1) is 0 Å². The molecule has 0 radical (unpaired) electrons. The van der Waals surface area contributed by atoms with Gasteiger partial charge in [0.2, 0.25) is 5.69 Å². The molecular weight excluding hydrogens is 363 g/mol. The van der Waals surface area contributed by atoms with Crippen molar-refractivity contribution >= 4 is 25.2 Å². The standard InChI is InChI=1S/C20H27N2O4P/c1-22(23)20-12-11-18(25-2)14-19(20)21-13-5-6-16-7-9-17(10-8-16)26-15-27(3,4)24/h7-12,14,21H,1,5-6,13,15H2,2-4H3. The lowest BCUT2D eigenvalue weighted by atomic mass is 10.1. The molecule has 0 saturated heterocycles. The third kappa shape index (κ3) is 6.99. The summed E-state index contributed by atoms with van der Waals surface area (Å²) in [5.74, 6) is 1.41. The molecule has 146 valence electrons. The molecule has 2 aromatic carbocycles. The predicted octanol–water partition coefficient (Wildman–Crippen LogP) is 4.54. The lowest BCUT2D eigenvalue weighted by Crippen LogP contribution is -2.06. The molecule has 0 heterocycles. The third-order valence-electron chi connectivity index (χ3n) is 3.90. The fourth-order valence-electron chi connectivity index (χ4n) is 2.50. The van der Waals surface area contributed by atoms with Crippen molar-refractivity contribution in [3.8, 4) is 11.5 Å². The molecule has 0 atom stereocenters. The topological polar surface area (TPSA) is 73.6 Å². The molecule has 0 aliphatic rings. The summed E-state index contributed by atoms with van der Waals surface area (Å²) in [7, 11) is -0.592. The van der Waals surface area contributed by atoms with Gasteiger partial charge < -0.3 is 24.6 Å². The Bertz CT molecular complexity index is 815.